The highest BCUT2D eigenvalue weighted by molar-refractivity contribution is 5.24. The van der Waals surface area contributed by atoms with Crippen LogP contribution in [-0.2, 0) is 34.0 Å². The average molecular weight is 472 g/mol. The van der Waals surface area contributed by atoms with E-state index >= 15 is 0 Å². The Bertz CT molecular complexity index is 1120. The Kier molecular flexibility index (Phi) is 9.06. The zero-order valence-electron chi connectivity index (χ0n) is 19.4. The van der Waals surface area contributed by atoms with Crippen LogP contribution in [0.25, 0.3) is 10.4 Å². The summed E-state index contributed by atoms with van der Waals surface area (Å²) in [6.07, 6.45) is -0.634. The van der Waals surface area contributed by atoms with Gasteiger partial charge in [-0.15, -0.1) is 0 Å². The molecule has 0 saturated carbocycles. The molecule has 7 heteroatoms. The Hall–Kier alpha value is -3.45. The van der Waals surface area contributed by atoms with E-state index in [1.165, 1.54) is 0 Å². The van der Waals surface area contributed by atoms with Gasteiger partial charge in [-0.05, 0) is 27.8 Å². The predicted molar refractivity (Wildman–Crippen MR) is 133 cm³/mol. The van der Waals surface area contributed by atoms with Gasteiger partial charge in [0.2, 0.25) is 0 Å². The number of rotatable bonds is 11. The Morgan fingerprint density at radius 1 is 0.714 bits per heavy atom. The van der Waals surface area contributed by atoms with Gasteiger partial charge in [0.1, 0.15) is 12.2 Å². The number of hydrogen-bond acceptors (Lipinski definition) is 5. The van der Waals surface area contributed by atoms with Crippen molar-refractivity contribution in [2.75, 3.05) is 6.61 Å². The number of nitrogens with zero attached hydrogens (tertiary/aromatic N) is 3. The number of aliphatic hydroxyl groups excluding tert-OH is 1. The van der Waals surface area contributed by atoms with E-state index in [-0.39, 0.29) is 13.2 Å². The molecule has 4 rings (SSSR count). The van der Waals surface area contributed by atoms with E-state index in [9.17, 15) is 5.11 Å². The highest BCUT2D eigenvalue weighted by atomic mass is 16.6. The van der Waals surface area contributed by atoms with Gasteiger partial charge in [0.15, 0.2) is 0 Å². The summed E-state index contributed by atoms with van der Waals surface area (Å²) in [4.78, 5) is 2.93. The third-order valence-corrected chi connectivity index (χ3v) is 5.86. The minimum absolute atomic E-state index is 0.254. The molecule has 3 aromatic rings. The fourth-order valence-electron chi connectivity index (χ4n) is 4.06. The molecule has 180 valence electrons. The van der Waals surface area contributed by atoms with E-state index in [0.717, 1.165) is 22.3 Å². The average Bonchev–Trinajstić information content (AvgIpc) is 2.90. The minimum Gasteiger partial charge on any atom is -0.390 e. The smallest absolute Gasteiger partial charge is 0.115 e. The molecular weight excluding hydrogens is 442 g/mol. The van der Waals surface area contributed by atoms with Crippen molar-refractivity contribution < 1.29 is 19.3 Å². The number of ether oxygens (including phenoxy) is 3. The second-order valence-corrected chi connectivity index (χ2v) is 8.38. The summed E-state index contributed by atoms with van der Waals surface area (Å²) in [5.41, 5.74) is 12.9. The Morgan fingerprint density at radius 3 is 1.77 bits per heavy atom. The lowest BCUT2D eigenvalue weighted by Gasteiger charge is -2.38. The van der Waals surface area contributed by atoms with Crippen molar-refractivity contribution in [1.29, 1.82) is 0 Å². The van der Waals surface area contributed by atoms with Gasteiger partial charge in [-0.2, -0.15) is 0 Å². The zero-order valence-corrected chi connectivity index (χ0v) is 19.4. The second-order valence-electron chi connectivity index (χ2n) is 8.38. The zero-order chi connectivity index (χ0) is 24.3. The molecule has 0 bridgehead atoms. The van der Waals surface area contributed by atoms with Crippen LogP contribution < -0.4 is 0 Å². The van der Waals surface area contributed by atoms with Gasteiger partial charge in [0, 0.05) is 4.91 Å². The van der Waals surface area contributed by atoms with Gasteiger partial charge in [-0.25, -0.2) is 0 Å². The van der Waals surface area contributed by atoms with Gasteiger partial charge < -0.3 is 19.3 Å². The van der Waals surface area contributed by atoms with Crippen molar-refractivity contribution >= 4 is 0 Å². The van der Waals surface area contributed by atoms with Crippen molar-refractivity contribution in [2.24, 2.45) is 5.11 Å². The van der Waals surface area contributed by atoms with Crippen molar-refractivity contribution in [3.05, 3.63) is 130 Å². The van der Waals surface area contributed by atoms with Crippen molar-refractivity contribution in [3.8, 4) is 0 Å². The highest BCUT2D eigenvalue weighted by Crippen LogP contribution is 2.29. The maximum atomic E-state index is 11.1. The van der Waals surface area contributed by atoms with Crippen LogP contribution in [0.15, 0.2) is 108 Å². The predicted octanol–water partition coefficient (Wildman–Crippen LogP) is 5.35. The third-order valence-electron chi connectivity index (χ3n) is 5.86. The van der Waals surface area contributed by atoms with Gasteiger partial charge in [0.25, 0.3) is 0 Å². The van der Waals surface area contributed by atoms with Crippen LogP contribution in [0.2, 0.25) is 0 Å². The first-order valence-electron chi connectivity index (χ1n) is 11.6. The Balaban J connectivity index is 1.55. The summed E-state index contributed by atoms with van der Waals surface area (Å²) in [5, 5.41) is 14.9. The molecule has 7 nitrogen and oxygen atoms in total. The number of azide groups is 1. The molecule has 0 heterocycles. The lowest BCUT2D eigenvalue weighted by Crippen LogP contribution is -2.51. The van der Waals surface area contributed by atoms with Crippen LogP contribution in [0.4, 0.5) is 0 Å². The molecule has 4 atom stereocenters. The standard InChI is InChI=1S/C28H29N3O4/c29-31-30-25-16-24(20-33-17-21-10-4-1-5-11-21)27(34-18-22-12-6-2-7-13-22)28(26(25)32)35-19-23-14-8-3-9-15-23/h1-16,25-28,32H,17-20H2/t25-,26+,27+,28+/m0/s1. The summed E-state index contributed by atoms with van der Waals surface area (Å²) in [5.74, 6) is 0. The number of aliphatic hydroxyl groups is 1. The molecule has 1 N–H and O–H groups in total. The summed E-state index contributed by atoms with van der Waals surface area (Å²) >= 11 is 0. The summed E-state index contributed by atoms with van der Waals surface area (Å²) in [6.45, 7) is 1.30. The van der Waals surface area contributed by atoms with Crippen LogP contribution in [0, 0.1) is 0 Å². The molecule has 35 heavy (non-hydrogen) atoms. The quantitative estimate of drug-likeness (QED) is 0.176. The van der Waals surface area contributed by atoms with Crippen molar-refractivity contribution in [3.63, 3.8) is 0 Å². The first-order chi connectivity index (χ1) is 17.2. The minimum atomic E-state index is -1.06. The first kappa shape index (κ1) is 24.7. The molecule has 0 aromatic heterocycles. The van der Waals surface area contributed by atoms with Gasteiger partial charge in [-0.1, -0.05) is 102 Å². The van der Waals surface area contributed by atoms with E-state index in [1.54, 1.807) is 6.08 Å². The van der Waals surface area contributed by atoms with Crippen LogP contribution in [0.5, 0.6) is 0 Å². The lowest BCUT2D eigenvalue weighted by atomic mass is 9.88. The molecule has 0 saturated heterocycles. The van der Waals surface area contributed by atoms with Gasteiger partial charge in [-0.3, -0.25) is 0 Å². The fraction of sp³-hybridized carbons (Fsp3) is 0.286. The molecule has 1 aliphatic rings. The fourth-order valence-corrected chi connectivity index (χ4v) is 4.06. The Morgan fingerprint density at radius 2 is 1.23 bits per heavy atom. The molecule has 1 aliphatic carbocycles. The summed E-state index contributed by atoms with van der Waals surface area (Å²) in [6, 6.07) is 28.6. The normalized spacial score (nSPS) is 21.7. The van der Waals surface area contributed by atoms with E-state index in [2.05, 4.69) is 10.0 Å². The van der Waals surface area contributed by atoms with E-state index in [1.807, 2.05) is 91.0 Å². The topological polar surface area (TPSA) is 96.7 Å². The third kappa shape index (κ3) is 7.02. The van der Waals surface area contributed by atoms with Gasteiger partial charge in [0.05, 0.1) is 38.6 Å². The maximum Gasteiger partial charge on any atom is 0.115 e. The molecular formula is C28H29N3O4. The van der Waals surface area contributed by atoms with Crippen LogP contribution in [-0.4, -0.2) is 36.1 Å². The number of benzene rings is 3. The largest absolute Gasteiger partial charge is 0.390 e. The summed E-state index contributed by atoms with van der Waals surface area (Å²) < 4.78 is 18.5. The molecule has 0 spiro atoms. The highest BCUT2D eigenvalue weighted by Gasteiger charge is 2.40. The van der Waals surface area contributed by atoms with Gasteiger partial charge >= 0.3 is 0 Å². The van der Waals surface area contributed by atoms with E-state index in [4.69, 9.17) is 19.7 Å². The second kappa shape index (κ2) is 12.9. The van der Waals surface area contributed by atoms with Crippen LogP contribution in [0.3, 0.4) is 0 Å². The molecule has 0 fully saturated rings. The SMILES string of the molecule is [N-]=[N+]=N[C@H]1C=C(COCc2ccccc2)[C@@H](OCc2ccccc2)[C@H](OCc2ccccc2)[C@@H]1O. The van der Waals surface area contributed by atoms with Crippen molar-refractivity contribution in [1.82, 2.24) is 0 Å². The molecule has 0 unspecified atom stereocenters. The molecule has 3 aromatic carbocycles. The molecule has 0 radical (unpaired) electrons. The Labute approximate surface area is 205 Å². The van der Waals surface area contributed by atoms with E-state index in [0.29, 0.717) is 13.2 Å². The monoisotopic (exact) mass is 471 g/mol. The molecule has 0 amide bonds. The van der Waals surface area contributed by atoms with Crippen LogP contribution >= 0.6 is 0 Å². The lowest BCUT2D eigenvalue weighted by molar-refractivity contribution is -0.130. The first-order valence-corrected chi connectivity index (χ1v) is 11.6. The van der Waals surface area contributed by atoms with Crippen molar-refractivity contribution in [2.45, 2.75) is 44.2 Å². The number of hydrogen-bond donors (Lipinski definition) is 1. The maximum absolute atomic E-state index is 11.1. The molecule has 0 aliphatic heterocycles. The van der Waals surface area contributed by atoms with Crippen LogP contribution in [0.1, 0.15) is 16.7 Å². The van der Waals surface area contributed by atoms with E-state index < -0.39 is 24.4 Å². The summed E-state index contributed by atoms with van der Waals surface area (Å²) in [7, 11) is 0.